The topological polar surface area (TPSA) is 93.4 Å². The van der Waals surface area contributed by atoms with E-state index in [4.69, 9.17) is 0 Å². The zero-order chi connectivity index (χ0) is 18.4. The van der Waals surface area contributed by atoms with E-state index in [0.29, 0.717) is 21.5 Å². The van der Waals surface area contributed by atoms with Crippen molar-refractivity contribution in [2.75, 3.05) is 11.2 Å². The SMILES string of the molecule is CSc1cc(N2C(=O)C3CCCCC3C2=O)c2ncccc2c1[N+](=O)[O-]. The summed E-state index contributed by atoms with van der Waals surface area (Å²) in [5, 5.41) is 11.9. The second-order valence-electron chi connectivity index (χ2n) is 6.61. The number of amides is 2. The molecule has 2 aliphatic rings. The van der Waals surface area contributed by atoms with Gasteiger partial charge in [-0.25, -0.2) is 4.90 Å². The Morgan fingerprint density at radius 3 is 2.46 bits per heavy atom. The number of anilines is 1. The van der Waals surface area contributed by atoms with Crippen LogP contribution in [0.3, 0.4) is 0 Å². The first kappa shape index (κ1) is 17.0. The first-order chi connectivity index (χ1) is 12.5. The van der Waals surface area contributed by atoms with Gasteiger partial charge in [0.25, 0.3) is 5.69 Å². The Labute approximate surface area is 153 Å². The number of carbonyl (C=O) groups excluding carboxylic acids is 2. The van der Waals surface area contributed by atoms with E-state index >= 15 is 0 Å². The van der Waals surface area contributed by atoms with Crippen LogP contribution >= 0.6 is 11.8 Å². The number of aromatic nitrogens is 1. The minimum absolute atomic E-state index is 0.0409. The number of rotatable bonds is 3. The Hall–Kier alpha value is -2.48. The van der Waals surface area contributed by atoms with Gasteiger partial charge in [-0.2, -0.15) is 0 Å². The van der Waals surface area contributed by atoms with Crippen molar-refractivity contribution in [2.45, 2.75) is 30.6 Å². The molecule has 7 nitrogen and oxygen atoms in total. The molecule has 2 fully saturated rings. The van der Waals surface area contributed by atoms with Gasteiger partial charge in [0.1, 0.15) is 5.52 Å². The van der Waals surface area contributed by atoms with Gasteiger partial charge < -0.3 is 0 Å². The number of imide groups is 1. The fourth-order valence-electron chi connectivity index (χ4n) is 4.11. The van der Waals surface area contributed by atoms with Gasteiger partial charge in [-0.05, 0) is 37.3 Å². The number of fused-ring (bicyclic) bond motifs is 2. The third kappa shape index (κ3) is 2.39. The molecule has 1 aromatic carbocycles. The second-order valence-corrected chi connectivity index (χ2v) is 7.46. The summed E-state index contributed by atoms with van der Waals surface area (Å²) in [4.78, 5) is 42.9. The van der Waals surface area contributed by atoms with Crippen LogP contribution in [0.15, 0.2) is 29.3 Å². The summed E-state index contributed by atoms with van der Waals surface area (Å²) in [6.07, 6.45) is 6.60. The average molecular weight is 371 g/mol. The minimum Gasteiger partial charge on any atom is -0.274 e. The number of nitro groups is 1. The highest BCUT2D eigenvalue weighted by molar-refractivity contribution is 7.98. The average Bonchev–Trinajstić information content (AvgIpc) is 2.91. The molecule has 8 heteroatoms. The van der Waals surface area contributed by atoms with Gasteiger partial charge in [0, 0.05) is 6.20 Å². The van der Waals surface area contributed by atoms with Crippen molar-refractivity contribution < 1.29 is 14.5 Å². The molecule has 4 rings (SSSR count). The van der Waals surface area contributed by atoms with E-state index in [0.717, 1.165) is 25.7 Å². The van der Waals surface area contributed by atoms with Crippen molar-refractivity contribution in [3.63, 3.8) is 0 Å². The number of nitrogens with zero attached hydrogens (tertiary/aromatic N) is 3. The maximum atomic E-state index is 12.9. The molecule has 1 aromatic heterocycles. The number of carbonyl (C=O) groups is 2. The van der Waals surface area contributed by atoms with E-state index in [1.54, 1.807) is 24.5 Å². The lowest BCUT2D eigenvalue weighted by molar-refractivity contribution is -0.385. The van der Waals surface area contributed by atoms with E-state index in [9.17, 15) is 19.7 Å². The smallest absolute Gasteiger partial charge is 0.274 e. The predicted molar refractivity (Wildman–Crippen MR) is 98.1 cm³/mol. The molecule has 26 heavy (non-hydrogen) atoms. The lowest BCUT2D eigenvalue weighted by atomic mass is 9.81. The van der Waals surface area contributed by atoms with Crippen LogP contribution in [0.5, 0.6) is 0 Å². The number of benzene rings is 1. The van der Waals surface area contributed by atoms with Crippen LogP contribution in [0.4, 0.5) is 11.4 Å². The van der Waals surface area contributed by atoms with E-state index in [2.05, 4.69) is 4.98 Å². The summed E-state index contributed by atoms with van der Waals surface area (Å²) in [5.74, 6) is -0.953. The van der Waals surface area contributed by atoms with Crippen molar-refractivity contribution in [3.05, 3.63) is 34.5 Å². The zero-order valence-corrected chi connectivity index (χ0v) is 15.0. The van der Waals surface area contributed by atoms with Crippen LogP contribution < -0.4 is 4.90 Å². The molecular weight excluding hydrogens is 354 g/mol. The van der Waals surface area contributed by atoms with E-state index < -0.39 is 4.92 Å². The molecule has 1 saturated heterocycles. The van der Waals surface area contributed by atoms with Gasteiger partial charge in [-0.3, -0.25) is 24.7 Å². The molecule has 134 valence electrons. The molecule has 0 radical (unpaired) electrons. The van der Waals surface area contributed by atoms with Crippen molar-refractivity contribution >= 4 is 45.9 Å². The highest BCUT2D eigenvalue weighted by atomic mass is 32.2. The van der Waals surface area contributed by atoms with Gasteiger partial charge in [0.05, 0.1) is 32.7 Å². The van der Waals surface area contributed by atoms with Gasteiger partial charge in [0.15, 0.2) is 0 Å². The molecule has 2 aromatic rings. The molecule has 2 unspecified atom stereocenters. The van der Waals surface area contributed by atoms with Crippen molar-refractivity contribution in [1.29, 1.82) is 0 Å². The largest absolute Gasteiger partial charge is 0.292 e. The third-order valence-corrected chi connectivity index (χ3v) is 6.04. The number of thioether (sulfide) groups is 1. The molecule has 0 bridgehead atoms. The number of hydrogen-bond donors (Lipinski definition) is 0. The van der Waals surface area contributed by atoms with Gasteiger partial charge >= 0.3 is 0 Å². The number of pyridine rings is 1. The Balaban J connectivity index is 1.95. The summed E-state index contributed by atoms with van der Waals surface area (Å²) in [7, 11) is 0. The van der Waals surface area contributed by atoms with E-state index in [-0.39, 0.29) is 29.3 Å². The van der Waals surface area contributed by atoms with Crippen molar-refractivity contribution in [2.24, 2.45) is 11.8 Å². The summed E-state index contributed by atoms with van der Waals surface area (Å²) in [5.41, 5.74) is 0.637. The highest BCUT2D eigenvalue weighted by Crippen LogP contribution is 2.45. The quantitative estimate of drug-likeness (QED) is 0.354. The second kappa shape index (κ2) is 6.35. The number of hydrogen-bond acceptors (Lipinski definition) is 6. The summed E-state index contributed by atoms with van der Waals surface area (Å²) >= 11 is 1.22. The minimum atomic E-state index is -0.437. The third-order valence-electron chi connectivity index (χ3n) is 5.29. The Kier molecular flexibility index (Phi) is 4.14. The van der Waals surface area contributed by atoms with Gasteiger partial charge in [0.2, 0.25) is 11.8 Å². The van der Waals surface area contributed by atoms with Crippen molar-refractivity contribution in [3.8, 4) is 0 Å². The molecule has 1 saturated carbocycles. The normalized spacial score (nSPS) is 22.7. The lowest BCUT2D eigenvalue weighted by Gasteiger charge is -2.19. The first-order valence-electron chi connectivity index (χ1n) is 8.52. The van der Waals surface area contributed by atoms with Crippen LogP contribution in [-0.2, 0) is 9.59 Å². The van der Waals surface area contributed by atoms with Crippen LogP contribution in [0, 0.1) is 22.0 Å². The fourth-order valence-corrected chi connectivity index (χ4v) is 4.72. The lowest BCUT2D eigenvalue weighted by Crippen LogP contribution is -2.31. The maximum Gasteiger partial charge on any atom is 0.292 e. The molecule has 2 heterocycles. The van der Waals surface area contributed by atoms with Crippen LogP contribution in [0.2, 0.25) is 0 Å². The molecule has 1 aliphatic heterocycles. The molecule has 0 spiro atoms. The molecule has 0 N–H and O–H groups in total. The highest BCUT2D eigenvalue weighted by Gasteiger charge is 2.49. The van der Waals surface area contributed by atoms with Crippen LogP contribution in [0.1, 0.15) is 25.7 Å². The number of nitro benzene ring substituents is 1. The molecular formula is C18H17N3O4S. The fraction of sp³-hybridized carbons (Fsp3) is 0.389. The zero-order valence-electron chi connectivity index (χ0n) is 14.2. The monoisotopic (exact) mass is 371 g/mol. The van der Waals surface area contributed by atoms with Crippen LogP contribution in [0.25, 0.3) is 10.9 Å². The Bertz CT molecular complexity index is 921. The van der Waals surface area contributed by atoms with Gasteiger partial charge in [-0.1, -0.05) is 12.8 Å². The standard InChI is InChI=1S/C18H17N3O4S/c1-26-14-9-13(15-12(7-4-8-19-15)16(14)21(24)25)20-17(22)10-5-2-3-6-11(10)18(20)23/h4,7-11H,2-3,5-6H2,1H3. The predicted octanol–water partition coefficient (Wildman–Crippen LogP) is 3.54. The van der Waals surface area contributed by atoms with Gasteiger partial charge in [-0.15, -0.1) is 11.8 Å². The molecule has 2 amide bonds. The first-order valence-corrected chi connectivity index (χ1v) is 9.75. The Morgan fingerprint density at radius 1 is 1.23 bits per heavy atom. The van der Waals surface area contributed by atoms with E-state index in [1.165, 1.54) is 22.9 Å². The summed E-state index contributed by atoms with van der Waals surface area (Å²) in [6, 6.07) is 4.80. The maximum absolute atomic E-state index is 12.9. The summed E-state index contributed by atoms with van der Waals surface area (Å²) in [6.45, 7) is 0. The van der Waals surface area contributed by atoms with E-state index in [1.807, 2.05) is 0 Å². The molecule has 1 aliphatic carbocycles. The summed E-state index contributed by atoms with van der Waals surface area (Å²) < 4.78 is 0. The Morgan fingerprint density at radius 2 is 1.88 bits per heavy atom. The van der Waals surface area contributed by atoms with Crippen LogP contribution in [-0.4, -0.2) is 28.0 Å². The molecule has 2 atom stereocenters. The van der Waals surface area contributed by atoms with Crippen molar-refractivity contribution in [1.82, 2.24) is 4.98 Å².